The van der Waals surface area contributed by atoms with Gasteiger partial charge in [0.05, 0.1) is 28.9 Å². The Morgan fingerprint density at radius 1 is 0.881 bits per heavy atom. The lowest BCUT2D eigenvalue weighted by atomic mass is 10.0. The molecule has 210 valence electrons. The zero-order valence-corrected chi connectivity index (χ0v) is 23.8. The van der Waals surface area contributed by atoms with Gasteiger partial charge in [-0.15, -0.1) is 5.11 Å². The van der Waals surface area contributed by atoms with Crippen LogP contribution in [0.2, 0.25) is 0 Å². The van der Waals surface area contributed by atoms with Crippen LogP contribution in [0.5, 0.6) is 5.75 Å². The highest BCUT2D eigenvalue weighted by Gasteiger charge is 2.18. The number of fused-ring (bicyclic) bond motifs is 5. The smallest absolute Gasteiger partial charge is 0.294 e. The van der Waals surface area contributed by atoms with Crippen molar-refractivity contribution < 1.29 is 22.5 Å². The SMILES string of the molecule is COc1ccc(NC(=O)c2cc(N=Nc3cccc(S(=O)(=O)O)c3C)c3c(ccc4c5ccccc5[nH]c43)c2)c(C)c1. The minimum absolute atomic E-state index is 0.246. The number of H-pyrrole nitrogens is 1. The third-order valence-corrected chi connectivity index (χ3v) is 8.31. The third-order valence-electron chi connectivity index (χ3n) is 7.32. The first kappa shape index (κ1) is 27.1. The van der Waals surface area contributed by atoms with E-state index in [0.717, 1.165) is 38.1 Å². The van der Waals surface area contributed by atoms with Crippen molar-refractivity contribution >= 4 is 65.7 Å². The molecule has 0 aliphatic carbocycles. The van der Waals surface area contributed by atoms with Crippen LogP contribution in [0.25, 0.3) is 32.6 Å². The molecule has 0 unspecified atom stereocenters. The number of methoxy groups -OCH3 is 1. The lowest BCUT2D eigenvalue weighted by Crippen LogP contribution is -2.12. The zero-order valence-electron chi connectivity index (χ0n) is 23.0. The first-order valence-corrected chi connectivity index (χ1v) is 14.5. The van der Waals surface area contributed by atoms with Crippen LogP contribution in [0.1, 0.15) is 21.5 Å². The number of azo groups is 1. The molecule has 1 heterocycles. The van der Waals surface area contributed by atoms with E-state index in [1.807, 2.05) is 49.4 Å². The van der Waals surface area contributed by atoms with Gasteiger partial charge in [-0.25, -0.2) is 0 Å². The first-order valence-electron chi connectivity index (χ1n) is 13.1. The van der Waals surface area contributed by atoms with Crippen LogP contribution in [-0.4, -0.2) is 31.0 Å². The number of aromatic amines is 1. The molecular formula is C32H26N4O5S. The molecule has 0 atom stereocenters. The number of aromatic nitrogens is 1. The predicted octanol–water partition coefficient (Wildman–Crippen LogP) is 8.01. The molecule has 9 nitrogen and oxygen atoms in total. The molecule has 42 heavy (non-hydrogen) atoms. The number of nitrogens with one attached hydrogen (secondary N) is 2. The van der Waals surface area contributed by atoms with Crippen LogP contribution in [0.3, 0.4) is 0 Å². The van der Waals surface area contributed by atoms with Gasteiger partial charge >= 0.3 is 0 Å². The summed E-state index contributed by atoms with van der Waals surface area (Å²) >= 11 is 0. The van der Waals surface area contributed by atoms with E-state index in [-0.39, 0.29) is 22.1 Å². The molecule has 0 bridgehead atoms. The van der Waals surface area contributed by atoms with Crippen LogP contribution in [0, 0.1) is 13.8 Å². The number of ether oxygens (including phenoxy) is 1. The van der Waals surface area contributed by atoms with Crippen LogP contribution in [0.4, 0.5) is 17.1 Å². The third kappa shape index (κ3) is 4.87. The molecule has 6 rings (SSSR count). The molecule has 0 radical (unpaired) electrons. The summed E-state index contributed by atoms with van der Waals surface area (Å²) in [5.74, 6) is 0.359. The van der Waals surface area contributed by atoms with E-state index in [1.165, 1.54) is 12.1 Å². The van der Waals surface area contributed by atoms with Crippen molar-refractivity contribution in [1.82, 2.24) is 4.98 Å². The van der Waals surface area contributed by atoms with Crippen LogP contribution in [-0.2, 0) is 10.1 Å². The van der Waals surface area contributed by atoms with Gasteiger partial charge in [-0.05, 0) is 78.9 Å². The van der Waals surface area contributed by atoms with Crippen LogP contribution in [0.15, 0.2) is 100 Å². The number of aryl methyl sites for hydroxylation is 1. The summed E-state index contributed by atoms with van der Waals surface area (Å²) in [7, 11) is -2.85. The molecule has 6 aromatic rings. The summed E-state index contributed by atoms with van der Waals surface area (Å²) in [5.41, 5.74) is 4.59. The normalized spacial score (nSPS) is 12.0. The minimum Gasteiger partial charge on any atom is -0.497 e. The van der Waals surface area contributed by atoms with E-state index in [0.29, 0.717) is 22.7 Å². The van der Waals surface area contributed by atoms with Gasteiger partial charge < -0.3 is 15.0 Å². The van der Waals surface area contributed by atoms with Gasteiger partial charge in [-0.3, -0.25) is 9.35 Å². The standard InChI is InChI=1S/C32H26N4O5S/c1-18-15-22(41-3)12-14-25(18)34-32(37)21-16-20-11-13-24-23-7-4-5-8-27(23)33-31(24)30(20)28(17-21)36-35-26-9-6-10-29(19(26)2)42(38,39)40/h4-17,33H,1-3H3,(H,34,37)(H,38,39,40). The van der Waals surface area contributed by atoms with Crippen LogP contribution < -0.4 is 10.1 Å². The van der Waals surface area contributed by atoms with Crippen molar-refractivity contribution in [2.75, 3.05) is 12.4 Å². The highest BCUT2D eigenvalue weighted by atomic mass is 32.2. The number of carbonyl (C=O) groups excluding carboxylic acids is 1. The highest BCUT2D eigenvalue weighted by Crippen LogP contribution is 2.38. The van der Waals surface area contributed by atoms with E-state index in [4.69, 9.17) is 4.74 Å². The van der Waals surface area contributed by atoms with Gasteiger partial charge in [-0.1, -0.05) is 36.4 Å². The van der Waals surface area contributed by atoms with Gasteiger partial charge in [-0.2, -0.15) is 13.5 Å². The molecule has 1 amide bonds. The van der Waals surface area contributed by atoms with Crippen molar-refractivity contribution in [1.29, 1.82) is 0 Å². The highest BCUT2D eigenvalue weighted by molar-refractivity contribution is 7.85. The molecule has 0 aliphatic heterocycles. The second-order valence-corrected chi connectivity index (χ2v) is 11.4. The van der Waals surface area contributed by atoms with Gasteiger partial charge in [0.2, 0.25) is 0 Å². The Bertz CT molecular complexity index is 2190. The Morgan fingerprint density at radius 2 is 1.67 bits per heavy atom. The maximum absolute atomic E-state index is 13.5. The minimum atomic E-state index is -4.44. The Labute approximate surface area is 241 Å². The summed E-state index contributed by atoms with van der Waals surface area (Å²) < 4.78 is 38.6. The molecule has 5 aromatic carbocycles. The molecule has 3 N–H and O–H groups in total. The maximum atomic E-state index is 13.5. The maximum Gasteiger partial charge on any atom is 0.294 e. The van der Waals surface area contributed by atoms with Crippen molar-refractivity contribution in [3.63, 3.8) is 0 Å². The number of hydrogen-bond acceptors (Lipinski definition) is 6. The number of nitrogens with zero attached hydrogens (tertiary/aromatic N) is 2. The molecule has 1 aromatic heterocycles. The molecule has 0 fully saturated rings. The molecule has 0 aliphatic rings. The summed E-state index contributed by atoms with van der Waals surface area (Å²) in [6, 6.07) is 25.2. The molecular weight excluding hydrogens is 552 g/mol. The number of amides is 1. The van der Waals surface area contributed by atoms with E-state index in [9.17, 15) is 17.8 Å². The van der Waals surface area contributed by atoms with Gasteiger partial charge in [0.15, 0.2) is 0 Å². The number of para-hydroxylation sites is 1. The Balaban J connectivity index is 1.52. The van der Waals surface area contributed by atoms with Crippen molar-refractivity contribution in [2.45, 2.75) is 18.7 Å². The number of carbonyl (C=O) groups is 1. The largest absolute Gasteiger partial charge is 0.497 e. The number of hydrogen-bond donors (Lipinski definition) is 3. The molecule has 10 heteroatoms. The van der Waals surface area contributed by atoms with Gasteiger partial charge in [0.25, 0.3) is 16.0 Å². The monoisotopic (exact) mass is 578 g/mol. The molecule has 0 saturated heterocycles. The lowest BCUT2D eigenvalue weighted by molar-refractivity contribution is 0.102. The fourth-order valence-electron chi connectivity index (χ4n) is 5.17. The lowest BCUT2D eigenvalue weighted by Gasteiger charge is -2.12. The van der Waals surface area contributed by atoms with Crippen molar-refractivity contribution in [2.24, 2.45) is 10.2 Å². The van der Waals surface area contributed by atoms with Crippen LogP contribution >= 0.6 is 0 Å². The molecule has 0 spiro atoms. The number of rotatable bonds is 6. The van der Waals surface area contributed by atoms with Gasteiger partial charge in [0, 0.05) is 32.9 Å². The molecule has 0 saturated carbocycles. The van der Waals surface area contributed by atoms with Crippen molar-refractivity contribution in [3.05, 3.63) is 102 Å². The quantitative estimate of drug-likeness (QED) is 0.136. The van der Waals surface area contributed by atoms with Gasteiger partial charge in [0.1, 0.15) is 5.75 Å². The van der Waals surface area contributed by atoms with E-state index in [2.05, 4.69) is 20.5 Å². The fourth-order valence-corrected chi connectivity index (χ4v) is 5.91. The summed E-state index contributed by atoms with van der Waals surface area (Å²) in [4.78, 5) is 16.7. The summed E-state index contributed by atoms with van der Waals surface area (Å²) in [5, 5.41) is 15.4. The first-order chi connectivity index (χ1) is 20.1. The fraction of sp³-hybridized carbons (Fsp3) is 0.0938. The average molecular weight is 579 g/mol. The second-order valence-electron chi connectivity index (χ2n) is 9.96. The van der Waals surface area contributed by atoms with E-state index in [1.54, 1.807) is 44.4 Å². The Hall–Kier alpha value is -5.06. The average Bonchev–Trinajstić information content (AvgIpc) is 3.35. The van der Waals surface area contributed by atoms with Crippen molar-refractivity contribution in [3.8, 4) is 5.75 Å². The Kier molecular flexibility index (Phi) is 6.72. The number of anilines is 1. The predicted molar refractivity (Wildman–Crippen MR) is 164 cm³/mol. The van der Waals surface area contributed by atoms with E-state index < -0.39 is 10.1 Å². The summed E-state index contributed by atoms with van der Waals surface area (Å²) in [6.07, 6.45) is 0. The zero-order chi connectivity index (χ0) is 29.6. The second kappa shape index (κ2) is 10.4. The Morgan fingerprint density at radius 3 is 2.43 bits per heavy atom. The topological polar surface area (TPSA) is 133 Å². The van der Waals surface area contributed by atoms with E-state index >= 15 is 0 Å². The summed E-state index contributed by atoms with van der Waals surface area (Å²) in [6.45, 7) is 3.43. The number of benzene rings is 5.